The molecule has 5 nitrogen and oxygen atoms in total. The first-order chi connectivity index (χ1) is 12.3. The highest BCUT2D eigenvalue weighted by atomic mass is 16.7. The average Bonchev–Trinajstić information content (AvgIpc) is 3.13. The van der Waals surface area contributed by atoms with Gasteiger partial charge in [-0.3, -0.25) is 9.98 Å². The molecular weight excluding hydrogens is 312 g/mol. The summed E-state index contributed by atoms with van der Waals surface area (Å²) in [4.78, 5) is 18.3. The Bertz CT molecular complexity index is 658. The molecule has 0 saturated carbocycles. The molecule has 0 fully saturated rings. The van der Waals surface area contributed by atoms with E-state index in [1.165, 1.54) is 0 Å². The van der Waals surface area contributed by atoms with E-state index in [1.54, 1.807) is 18.5 Å². The second-order valence-corrected chi connectivity index (χ2v) is 4.63. The molecule has 5 heteroatoms. The summed E-state index contributed by atoms with van der Waals surface area (Å²) in [7, 11) is 0. The van der Waals surface area contributed by atoms with Crippen molar-refractivity contribution in [1.82, 2.24) is 5.48 Å². The molecule has 0 aliphatic carbocycles. The number of nitrogens with one attached hydrogen (secondary N) is 1. The van der Waals surface area contributed by atoms with Crippen molar-refractivity contribution in [2.45, 2.75) is 33.4 Å². The van der Waals surface area contributed by atoms with Crippen LogP contribution in [0.2, 0.25) is 0 Å². The van der Waals surface area contributed by atoms with Gasteiger partial charge in [-0.05, 0) is 30.7 Å². The zero-order valence-corrected chi connectivity index (χ0v) is 15.1. The molecule has 2 rings (SSSR count). The number of hydrogen-bond acceptors (Lipinski definition) is 5. The first kappa shape index (κ1) is 20.3. The number of allylic oxidation sites excluding steroid dienone is 4. The smallest absolute Gasteiger partial charge is 0.212 e. The van der Waals surface area contributed by atoms with Gasteiger partial charge in [0.2, 0.25) is 6.23 Å². The highest BCUT2D eigenvalue weighted by Crippen LogP contribution is 2.10. The second kappa shape index (κ2) is 12.6. The van der Waals surface area contributed by atoms with Gasteiger partial charge in [0.1, 0.15) is 0 Å². The van der Waals surface area contributed by atoms with E-state index >= 15 is 0 Å². The molecule has 1 atom stereocenters. The van der Waals surface area contributed by atoms with Gasteiger partial charge in [-0.2, -0.15) is 0 Å². The van der Waals surface area contributed by atoms with Crippen molar-refractivity contribution < 1.29 is 4.84 Å². The van der Waals surface area contributed by atoms with Crippen molar-refractivity contribution in [2.75, 3.05) is 0 Å². The van der Waals surface area contributed by atoms with Gasteiger partial charge < -0.3 is 0 Å². The number of amidine groups is 1. The van der Waals surface area contributed by atoms with E-state index in [2.05, 4.69) is 34.0 Å². The van der Waals surface area contributed by atoms with Crippen molar-refractivity contribution in [3.05, 3.63) is 66.9 Å². The molecule has 1 heterocycles. The number of rotatable bonds is 7. The standard InChI is InChI=1S/C18H20N4O.C2H6/c1-3-5-10-15(9-4-2)19-13-17-21-18(23-22-17)14-20-16-11-7-6-8-12-16;1-2/h4-14,18H,2-3H2,1H3,(H,21,22);1-2H3/b10-5-,15-9+,19-13?,20-14?;. The second-order valence-electron chi connectivity index (χ2n) is 4.63. The molecular formula is C20H26N4O. The summed E-state index contributed by atoms with van der Waals surface area (Å²) in [6.07, 6.45) is 11.2. The molecule has 1 unspecified atom stereocenters. The van der Waals surface area contributed by atoms with Crippen LogP contribution in [0, 0.1) is 0 Å². The number of hydrogen-bond donors (Lipinski definition) is 1. The highest BCUT2D eigenvalue weighted by Gasteiger charge is 2.13. The van der Waals surface area contributed by atoms with Gasteiger partial charge in [0, 0.05) is 0 Å². The van der Waals surface area contributed by atoms with Crippen LogP contribution < -0.4 is 5.48 Å². The van der Waals surface area contributed by atoms with E-state index in [1.807, 2.05) is 62.4 Å². The van der Waals surface area contributed by atoms with Gasteiger partial charge in [-0.15, -0.1) is 0 Å². The lowest BCUT2D eigenvalue weighted by atomic mass is 10.3. The van der Waals surface area contributed by atoms with E-state index in [-0.39, 0.29) is 0 Å². The topological polar surface area (TPSA) is 58.3 Å². The minimum absolute atomic E-state index is 0.463. The maximum absolute atomic E-state index is 5.31. The quantitative estimate of drug-likeness (QED) is 0.574. The Morgan fingerprint density at radius 1 is 1.32 bits per heavy atom. The zero-order valence-electron chi connectivity index (χ0n) is 15.1. The SMILES string of the molecule is C=C/C=C(\C=C/CC)N=CC1=NC(C=Nc2ccccc2)ON1.CC. The predicted octanol–water partition coefficient (Wildman–Crippen LogP) is 4.78. The minimum Gasteiger partial charge on any atom is -0.256 e. The summed E-state index contributed by atoms with van der Waals surface area (Å²) in [5.41, 5.74) is 4.38. The molecule has 132 valence electrons. The van der Waals surface area contributed by atoms with Gasteiger partial charge in [0.05, 0.1) is 23.8 Å². The number of nitrogens with zero attached hydrogens (tertiary/aromatic N) is 3. The molecule has 0 amide bonds. The van der Waals surface area contributed by atoms with Crippen LogP contribution in [0.25, 0.3) is 0 Å². The van der Waals surface area contributed by atoms with Crippen LogP contribution >= 0.6 is 0 Å². The van der Waals surface area contributed by atoms with E-state index in [9.17, 15) is 0 Å². The Hall–Kier alpha value is -2.79. The molecule has 25 heavy (non-hydrogen) atoms. The molecule has 1 aromatic carbocycles. The summed E-state index contributed by atoms with van der Waals surface area (Å²) in [6.45, 7) is 9.75. The molecule has 0 saturated heterocycles. The van der Waals surface area contributed by atoms with E-state index in [4.69, 9.17) is 4.84 Å². The summed E-state index contributed by atoms with van der Waals surface area (Å²) >= 11 is 0. The summed E-state index contributed by atoms with van der Waals surface area (Å²) in [5, 5.41) is 0. The fraction of sp³-hybridized carbons (Fsp3) is 0.250. The van der Waals surface area contributed by atoms with Crippen LogP contribution in [0.4, 0.5) is 5.69 Å². The molecule has 0 bridgehead atoms. The van der Waals surface area contributed by atoms with Crippen molar-refractivity contribution in [1.29, 1.82) is 0 Å². The number of aliphatic imine (C=N–C) groups is 3. The van der Waals surface area contributed by atoms with Crippen molar-refractivity contribution in [2.24, 2.45) is 15.0 Å². The highest BCUT2D eigenvalue weighted by molar-refractivity contribution is 6.30. The molecule has 1 N–H and O–H groups in total. The monoisotopic (exact) mass is 338 g/mol. The fourth-order valence-electron chi connectivity index (χ4n) is 1.73. The summed E-state index contributed by atoms with van der Waals surface area (Å²) in [6, 6.07) is 9.63. The Kier molecular flexibility index (Phi) is 10.2. The summed E-state index contributed by atoms with van der Waals surface area (Å²) in [5.74, 6) is 0.550. The summed E-state index contributed by atoms with van der Waals surface area (Å²) < 4.78 is 0. The van der Waals surface area contributed by atoms with Crippen molar-refractivity contribution in [3.63, 3.8) is 0 Å². The zero-order chi connectivity index (χ0) is 18.3. The van der Waals surface area contributed by atoms with Crippen LogP contribution in [0.3, 0.4) is 0 Å². The fourth-order valence-corrected chi connectivity index (χ4v) is 1.73. The predicted molar refractivity (Wildman–Crippen MR) is 108 cm³/mol. The molecule has 0 spiro atoms. The third-order valence-corrected chi connectivity index (χ3v) is 2.81. The molecule has 1 aromatic rings. The van der Waals surface area contributed by atoms with Crippen LogP contribution in [0.15, 0.2) is 81.9 Å². The van der Waals surface area contributed by atoms with E-state index < -0.39 is 6.23 Å². The van der Waals surface area contributed by atoms with E-state index in [0.717, 1.165) is 17.8 Å². The Labute approximate surface area is 150 Å². The maximum atomic E-state index is 5.31. The number of hydroxylamine groups is 1. The van der Waals surface area contributed by atoms with E-state index in [0.29, 0.717) is 5.84 Å². The minimum atomic E-state index is -0.463. The van der Waals surface area contributed by atoms with Crippen LogP contribution in [0.5, 0.6) is 0 Å². The van der Waals surface area contributed by atoms with Crippen LogP contribution in [-0.4, -0.2) is 24.5 Å². The Balaban J connectivity index is 0.00000151. The lowest BCUT2D eigenvalue weighted by Gasteiger charge is -1.97. The molecule has 0 aromatic heterocycles. The molecule has 0 radical (unpaired) electrons. The van der Waals surface area contributed by atoms with Crippen LogP contribution in [-0.2, 0) is 4.84 Å². The maximum Gasteiger partial charge on any atom is 0.212 e. The number of benzene rings is 1. The lowest BCUT2D eigenvalue weighted by molar-refractivity contribution is 0.0825. The third-order valence-electron chi connectivity index (χ3n) is 2.81. The Morgan fingerprint density at radius 3 is 2.76 bits per heavy atom. The van der Waals surface area contributed by atoms with Gasteiger partial charge in [-0.1, -0.05) is 57.7 Å². The van der Waals surface area contributed by atoms with Gasteiger partial charge in [-0.25, -0.2) is 15.3 Å². The van der Waals surface area contributed by atoms with Crippen LogP contribution in [0.1, 0.15) is 27.2 Å². The van der Waals surface area contributed by atoms with Gasteiger partial charge >= 0.3 is 0 Å². The largest absolute Gasteiger partial charge is 0.256 e. The molecule has 1 aliphatic rings. The number of para-hydroxylation sites is 1. The first-order valence-corrected chi connectivity index (χ1v) is 8.44. The first-order valence-electron chi connectivity index (χ1n) is 8.44. The lowest BCUT2D eigenvalue weighted by Crippen LogP contribution is -2.19. The molecule has 1 aliphatic heterocycles. The van der Waals surface area contributed by atoms with Crippen molar-refractivity contribution >= 4 is 24.0 Å². The Morgan fingerprint density at radius 2 is 2.08 bits per heavy atom. The van der Waals surface area contributed by atoms with Crippen molar-refractivity contribution in [3.8, 4) is 0 Å². The third kappa shape index (κ3) is 8.04. The average molecular weight is 338 g/mol. The van der Waals surface area contributed by atoms with Gasteiger partial charge in [0.15, 0.2) is 5.84 Å². The normalized spacial score (nSPS) is 17.5. The van der Waals surface area contributed by atoms with Gasteiger partial charge in [0.25, 0.3) is 0 Å².